The molecule has 0 aliphatic heterocycles. The Labute approximate surface area is 155 Å². The quantitative estimate of drug-likeness (QED) is 0.739. The number of aromatic nitrogens is 2. The number of hydrogen-bond donors (Lipinski definition) is 2. The second kappa shape index (κ2) is 7.23. The molecule has 1 amide bonds. The number of fused-ring (bicyclic) bond motifs is 2. The van der Waals surface area contributed by atoms with Crippen LogP contribution in [-0.2, 0) is 24.2 Å². The van der Waals surface area contributed by atoms with Crippen molar-refractivity contribution < 1.29 is 4.79 Å². The summed E-state index contributed by atoms with van der Waals surface area (Å²) in [6.07, 6.45) is 2.48. The first-order valence-corrected chi connectivity index (χ1v) is 9.20. The van der Waals surface area contributed by atoms with Crippen molar-refractivity contribution in [2.45, 2.75) is 25.8 Å². The van der Waals surface area contributed by atoms with Crippen LogP contribution in [0.4, 0.5) is 0 Å². The minimum absolute atomic E-state index is 0.000637. The molecule has 1 heterocycles. The summed E-state index contributed by atoms with van der Waals surface area (Å²) in [5.74, 6) is -0.0482. The summed E-state index contributed by atoms with van der Waals surface area (Å²) in [6, 6.07) is 15.0. The number of hydrogen-bond acceptors (Lipinski definition) is 3. The average molecular weight is 363 g/mol. The van der Waals surface area contributed by atoms with Crippen LogP contribution in [0, 0.1) is 5.92 Å². The number of nitrogens with zero attached hydrogens (tertiary/aromatic N) is 1. The maximum Gasteiger partial charge on any atom is 0.273 e. The van der Waals surface area contributed by atoms with Crippen molar-refractivity contribution in [3.8, 4) is 0 Å². The number of rotatable bonds is 4. The number of carbonyl (C=O) groups is 1. The predicted molar refractivity (Wildman–Crippen MR) is 104 cm³/mol. The summed E-state index contributed by atoms with van der Waals surface area (Å²) in [7, 11) is 0. The number of benzene rings is 2. The fourth-order valence-corrected chi connectivity index (χ4v) is 3.76. The van der Waals surface area contributed by atoms with E-state index >= 15 is 0 Å². The summed E-state index contributed by atoms with van der Waals surface area (Å²) in [6.45, 7) is 0.527. The van der Waals surface area contributed by atoms with Crippen LogP contribution in [0.15, 0.2) is 58.1 Å². The van der Waals surface area contributed by atoms with E-state index in [4.69, 9.17) is 0 Å². The lowest BCUT2D eigenvalue weighted by atomic mass is 9.83. The monoisotopic (exact) mass is 363 g/mol. The Morgan fingerprint density at radius 3 is 2.56 bits per heavy atom. The molecule has 1 aliphatic carbocycles. The van der Waals surface area contributed by atoms with Crippen LogP contribution in [0.1, 0.15) is 17.5 Å². The number of amides is 1. The molecular weight excluding hydrogens is 342 g/mol. The molecule has 6 heteroatoms. The van der Waals surface area contributed by atoms with E-state index in [1.54, 1.807) is 24.3 Å². The van der Waals surface area contributed by atoms with Gasteiger partial charge in [0.15, 0.2) is 0 Å². The molecule has 27 heavy (non-hydrogen) atoms. The molecule has 1 atom stereocenters. The van der Waals surface area contributed by atoms with Gasteiger partial charge in [-0.05, 0) is 42.5 Å². The number of aromatic amines is 1. The second-order valence-electron chi connectivity index (χ2n) is 6.94. The molecule has 138 valence electrons. The van der Waals surface area contributed by atoms with Gasteiger partial charge in [0.1, 0.15) is 0 Å². The highest BCUT2D eigenvalue weighted by Gasteiger charge is 2.24. The molecule has 0 bridgehead atoms. The van der Waals surface area contributed by atoms with Gasteiger partial charge in [-0.3, -0.25) is 19.5 Å². The van der Waals surface area contributed by atoms with Crippen LogP contribution in [0.25, 0.3) is 10.8 Å². The van der Waals surface area contributed by atoms with Gasteiger partial charge in [0.25, 0.3) is 11.1 Å². The van der Waals surface area contributed by atoms with Gasteiger partial charge in [-0.1, -0.05) is 36.4 Å². The second-order valence-corrected chi connectivity index (χ2v) is 6.94. The van der Waals surface area contributed by atoms with Crippen molar-refractivity contribution in [3.05, 3.63) is 80.4 Å². The molecule has 1 aromatic heterocycles. The zero-order valence-corrected chi connectivity index (χ0v) is 14.9. The Morgan fingerprint density at radius 2 is 1.74 bits per heavy atom. The van der Waals surface area contributed by atoms with Crippen LogP contribution in [0.5, 0.6) is 0 Å². The van der Waals surface area contributed by atoms with Crippen LogP contribution >= 0.6 is 0 Å². The SMILES string of the molecule is O=C(NCCn1[nH]c(=O)c2ccccc2c1=O)[C@@H]1CCc2ccccc2C1. The summed E-state index contributed by atoms with van der Waals surface area (Å²) in [5.41, 5.74) is 1.99. The smallest absolute Gasteiger partial charge is 0.273 e. The molecule has 0 radical (unpaired) electrons. The molecule has 6 nitrogen and oxygen atoms in total. The molecule has 0 spiro atoms. The van der Waals surface area contributed by atoms with E-state index in [2.05, 4.69) is 22.5 Å². The predicted octanol–water partition coefficient (Wildman–Crippen LogP) is 1.61. The Hall–Kier alpha value is -3.15. The number of nitrogens with one attached hydrogen (secondary N) is 2. The third kappa shape index (κ3) is 3.43. The van der Waals surface area contributed by atoms with Crippen molar-refractivity contribution >= 4 is 16.7 Å². The van der Waals surface area contributed by atoms with E-state index < -0.39 is 0 Å². The summed E-state index contributed by atoms with van der Waals surface area (Å²) >= 11 is 0. The van der Waals surface area contributed by atoms with E-state index in [1.807, 2.05) is 12.1 Å². The fraction of sp³-hybridized carbons (Fsp3) is 0.286. The van der Waals surface area contributed by atoms with Gasteiger partial charge in [-0.15, -0.1) is 0 Å². The third-order valence-corrected chi connectivity index (χ3v) is 5.24. The average Bonchev–Trinajstić information content (AvgIpc) is 2.71. The maximum absolute atomic E-state index is 12.5. The standard InChI is InChI=1S/C21H21N3O3/c25-19(16-10-9-14-5-1-2-6-15(14)13-16)22-11-12-24-21(27)18-8-4-3-7-17(18)20(26)23-24/h1-8,16H,9-13H2,(H,22,25)(H,23,26)/t16-/m1/s1. The summed E-state index contributed by atoms with van der Waals surface area (Å²) < 4.78 is 1.26. The number of H-pyrrole nitrogens is 1. The van der Waals surface area contributed by atoms with Crippen molar-refractivity contribution in [2.24, 2.45) is 5.92 Å². The molecular formula is C21H21N3O3. The van der Waals surface area contributed by atoms with Crippen molar-refractivity contribution in [3.63, 3.8) is 0 Å². The van der Waals surface area contributed by atoms with Crippen LogP contribution < -0.4 is 16.4 Å². The van der Waals surface area contributed by atoms with E-state index in [1.165, 1.54) is 15.8 Å². The van der Waals surface area contributed by atoms with E-state index in [0.717, 1.165) is 19.3 Å². The molecule has 2 aromatic carbocycles. The van der Waals surface area contributed by atoms with Crippen LogP contribution in [0.3, 0.4) is 0 Å². The molecule has 0 saturated heterocycles. The van der Waals surface area contributed by atoms with Crippen molar-refractivity contribution in [1.82, 2.24) is 15.1 Å². The van der Waals surface area contributed by atoms with Gasteiger partial charge in [0, 0.05) is 12.5 Å². The Balaban J connectivity index is 1.41. The van der Waals surface area contributed by atoms with Crippen LogP contribution in [-0.4, -0.2) is 22.2 Å². The molecule has 2 N–H and O–H groups in total. The van der Waals surface area contributed by atoms with Crippen molar-refractivity contribution in [1.29, 1.82) is 0 Å². The van der Waals surface area contributed by atoms with E-state index in [-0.39, 0.29) is 29.5 Å². The van der Waals surface area contributed by atoms with E-state index in [9.17, 15) is 14.4 Å². The molecule has 3 aromatic rings. The van der Waals surface area contributed by atoms with E-state index in [0.29, 0.717) is 17.3 Å². The minimum Gasteiger partial charge on any atom is -0.354 e. The fourth-order valence-electron chi connectivity index (χ4n) is 3.76. The Morgan fingerprint density at radius 1 is 1.04 bits per heavy atom. The number of carbonyl (C=O) groups excluding carboxylic acids is 1. The number of aryl methyl sites for hydroxylation is 1. The molecule has 0 unspecified atom stereocenters. The zero-order chi connectivity index (χ0) is 18.8. The van der Waals surface area contributed by atoms with Gasteiger partial charge in [0.05, 0.1) is 17.3 Å². The highest BCUT2D eigenvalue weighted by atomic mass is 16.2. The topological polar surface area (TPSA) is 84.0 Å². The van der Waals surface area contributed by atoms with Gasteiger partial charge in [-0.2, -0.15) is 0 Å². The third-order valence-electron chi connectivity index (χ3n) is 5.24. The van der Waals surface area contributed by atoms with Gasteiger partial charge in [-0.25, -0.2) is 4.68 Å². The van der Waals surface area contributed by atoms with Crippen molar-refractivity contribution in [2.75, 3.05) is 6.54 Å². The lowest BCUT2D eigenvalue weighted by Crippen LogP contribution is -2.38. The normalized spacial score (nSPS) is 16.1. The molecule has 1 aliphatic rings. The summed E-state index contributed by atoms with van der Waals surface area (Å²) in [5, 5.41) is 6.25. The Bertz CT molecular complexity index is 1110. The molecule has 4 rings (SSSR count). The zero-order valence-electron chi connectivity index (χ0n) is 14.9. The van der Waals surface area contributed by atoms with Crippen LogP contribution in [0.2, 0.25) is 0 Å². The minimum atomic E-state index is -0.305. The van der Waals surface area contributed by atoms with Gasteiger partial charge >= 0.3 is 0 Å². The summed E-state index contributed by atoms with van der Waals surface area (Å²) in [4.78, 5) is 37.1. The van der Waals surface area contributed by atoms with Gasteiger partial charge < -0.3 is 5.32 Å². The largest absolute Gasteiger partial charge is 0.354 e. The Kier molecular flexibility index (Phi) is 4.62. The van der Waals surface area contributed by atoms with Gasteiger partial charge in [0.2, 0.25) is 5.91 Å². The first-order valence-electron chi connectivity index (χ1n) is 9.20. The molecule has 0 fully saturated rings. The highest BCUT2D eigenvalue weighted by molar-refractivity contribution is 5.80. The lowest BCUT2D eigenvalue weighted by molar-refractivity contribution is -0.125. The first kappa shape index (κ1) is 17.3. The molecule has 0 saturated carbocycles. The maximum atomic E-state index is 12.5. The lowest BCUT2D eigenvalue weighted by Gasteiger charge is -2.23. The first-order chi connectivity index (χ1) is 13.1. The highest BCUT2D eigenvalue weighted by Crippen LogP contribution is 2.25.